The summed E-state index contributed by atoms with van der Waals surface area (Å²) in [7, 11) is 13.3. The molecule has 0 radical (unpaired) electrons. The number of pyridine rings is 2. The Morgan fingerprint density at radius 3 is 1.33 bits per heavy atom. The van der Waals surface area contributed by atoms with Gasteiger partial charge in [0.25, 0.3) is 0 Å². The van der Waals surface area contributed by atoms with Gasteiger partial charge in [-0.3, -0.25) is 0 Å². The zero-order chi connectivity index (χ0) is 23.8. The summed E-state index contributed by atoms with van der Waals surface area (Å²) in [6, 6.07) is 24.1. The number of methoxy groups -OCH3 is 2. The number of ether oxygens (including phenoxy) is 2. The first-order valence-electron chi connectivity index (χ1n) is 10.4. The van der Waals surface area contributed by atoms with Gasteiger partial charge in [-0.15, -0.1) is 0 Å². The van der Waals surface area contributed by atoms with E-state index in [9.17, 15) is 0 Å². The minimum atomic E-state index is -0.931. The van der Waals surface area contributed by atoms with Gasteiger partial charge in [0, 0.05) is 11.1 Å². The molecule has 0 aliphatic rings. The average Bonchev–Trinajstić information content (AvgIpc) is 2.84. The topological polar surface area (TPSA) is 44.2 Å². The minimum absolute atomic E-state index is 0.802. The summed E-state index contributed by atoms with van der Waals surface area (Å²) in [4.78, 5) is 9.77. The third-order valence-electron chi connectivity index (χ3n) is 5.02. The van der Waals surface area contributed by atoms with Gasteiger partial charge < -0.3 is 9.47 Å². The fourth-order valence-corrected chi connectivity index (χ4v) is 3.50. The van der Waals surface area contributed by atoms with Crippen LogP contribution in [0.3, 0.4) is 0 Å². The number of aryl methyl sites for hydroxylation is 2. The maximum absolute atomic E-state index is 5.54. The molecular weight excluding hydrogens is 509 g/mol. The fourth-order valence-electron chi connectivity index (χ4n) is 3.50. The second kappa shape index (κ2) is 12.1. The van der Waals surface area contributed by atoms with E-state index in [0.29, 0.717) is 0 Å². The number of aromatic nitrogens is 2. The van der Waals surface area contributed by atoms with Crippen LogP contribution in [0.1, 0.15) is 11.1 Å². The molecule has 0 saturated carbocycles. The maximum atomic E-state index is 5.54. The number of halogens is 2. The van der Waals surface area contributed by atoms with Crippen LogP contribution >= 0.6 is 19.4 Å². The molecule has 33 heavy (non-hydrogen) atoms. The van der Waals surface area contributed by atoms with E-state index in [1.807, 2.05) is 60.7 Å². The van der Waals surface area contributed by atoms with E-state index in [1.54, 1.807) is 14.2 Å². The standard InChI is InChI=1S/C26H24N2O2.2ClH.Zn/c1-17-11-13-25(29-3)19(15-17)21-7-5-9-23(27-21)24-10-6-8-22(28-24)20-16-18(2)12-14-26(20)30-4;;;/h5-16H,1-4H3;2*1H;/q;;;+2/p-2. The fraction of sp³-hybridized carbons (Fsp3) is 0.154. The molecule has 166 valence electrons. The molecule has 0 bridgehead atoms. The van der Waals surface area contributed by atoms with E-state index in [0.717, 1.165) is 56.5 Å². The third kappa shape index (κ3) is 6.32. The molecule has 0 fully saturated rings. The molecule has 4 aromatic rings. The van der Waals surface area contributed by atoms with Crippen LogP contribution in [0.2, 0.25) is 0 Å². The molecular formula is C26H24Cl2N2O2Zn. The molecule has 4 nitrogen and oxygen atoms in total. The molecule has 0 spiro atoms. The van der Waals surface area contributed by atoms with Gasteiger partial charge in [-0.05, 0) is 62.4 Å². The van der Waals surface area contributed by atoms with Crippen molar-refractivity contribution in [1.82, 2.24) is 9.97 Å². The van der Waals surface area contributed by atoms with Crippen molar-refractivity contribution in [1.29, 1.82) is 0 Å². The van der Waals surface area contributed by atoms with E-state index in [2.05, 4.69) is 26.0 Å². The van der Waals surface area contributed by atoms with Gasteiger partial charge in [0.2, 0.25) is 0 Å². The Hall–Kier alpha value is -2.46. The van der Waals surface area contributed by atoms with Gasteiger partial charge >= 0.3 is 34.5 Å². The van der Waals surface area contributed by atoms with Crippen LogP contribution in [0.15, 0.2) is 72.8 Å². The van der Waals surface area contributed by atoms with Crippen molar-refractivity contribution in [3.05, 3.63) is 83.9 Å². The van der Waals surface area contributed by atoms with Crippen LogP contribution in [0.4, 0.5) is 0 Å². The molecule has 0 N–H and O–H groups in total. The van der Waals surface area contributed by atoms with Gasteiger partial charge in [0.1, 0.15) is 11.5 Å². The molecule has 0 aliphatic heterocycles. The van der Waals surface area contributed by atoms with Crippen molar-refractivity contribution in [3.8, 4) is 45.4 Å². The molecule has 0 unspecified atom stereocenters. The molecule has 2 aromatic carbocycles. The summed E-state index contributed by atoms with van der Waals surface area (Å²) in [6.45, 7) is 4.13. The Morgan fingerprint density at radius 1 is 0.606 bits per heavy atom. The molecule has 0 atom stereocenters. The Morgan fingerprint density at radius 2 is 0.970 bits per heavy atom. The molecule has 7 heteroatoms. The summed E-state index contributed by atoms with van der Waals surface area (Å²) < 4.78 is 11.1. The van der Waals surface area contributed by atoms with Crippen LogP contribution in [0, 0.1) is 13.8 Å². The van der Waals surface area contributed by atoms with Crippen molar-refractivity contribution in [2.24, 2.45) is 0 Å². The summed E-state index contributed by atoms with van der Waals surface area (Å²) >= 11 is -0.931. The SMILES string of the molecule is COc1ccc(C)cc1-c1cccc(-c2cccc(-c3cc(C)ccc3OC)n2)n1.[Cl][Zn][Cl]. The van der Waals surface area contributed by atoms with Crippen molar-refractivity contribution >= 4 is 19.4 Å². The van der Waals surface area contributed by atoms with Crippen molar-refractivity contribution in [2.45, 2.75) is 13.8 Å². The van der Waals surface area contributed by atoms with Crippen molar-refractivity contribution in [2.75, 3.05) is 14.2 Å². The molecule has 4 rings (SSSR count). The van der Waals surface area contributed by atoms with Gasteiger partial charge in [-0.1, -0.05) is 35.4 Å². The van der Waals surface area contributed by atoms with Crippen LogP contribution in [0.25, 0.3) is 33.9 Å². The zero-order valence-corrected chi connectivity index (χ0v) is 23.6. The summed E-state index contributed by atoms with van der Waals surface area (Å²) in [5, 5.41) is 0. The third-order valence-corrected chi connectivity index (χ3v) is 5.02. The van der Waals surface area contributed by atoms with Crippen molar-refractivity contribution in [3.63, 3.8) is 0 Å². The molecule has 0 aliphatic carbocycles. The number of hydrogen-bond acceptors (Lipinski definition) is 4. The molecule has 0 saturated heterocycles. The first-order chi connectivity index (χ1) is 16.0. The molecule has 2 heterocycles. The second-order valence-electron chi connectivity index (χ2n) is 7.32. The number of benzene rings is 2. The Labute approximate surface area is 210 Å². The van der Waals surface area contributed by atoms with Crippen LogP contribution in [0.5, 0.6) is 11.5 Å². The molecule has 0 amide bonds. The quantitative estimate of drug-likeness (QED) is 0.250. The van der Waals surface area contributed by atoms with E-state index in [4.69, 9.17) is 38.8 Å². The first-order valence-corrected chi connectivity index (χ1v) is 18.2. The molecule has 2 aromatic heterocycles. The van der Waals surface area contributed by atoms with Crippen LogP contribution < -0.4 is 9.47 Å². The van der Waals surface area contributed by atoms with Gasteiger partial charge in [-0.2, -0.15) is 0 Å². The number of hydrogen-bond donors (Lipinski definition) is 0. The monoisotopic (exact) mass is 530 g/mol. The van der Waals surface area contributed by atoms with Crippen molar-refractivity contribution < 1.29 is 24.6 Å². The van der Waals surface area contributed by atoms with Crippen LogP contribution in [-0.4, -0.2) is 24.2 Å². The van der Waals surface area contributed by atoms with E-state index in [1.165, 1.54) is 0 Å². The Balaban J connectivity index is 0.000000968. The van der Waals surface area contributed by atoms with Gasteiger partial charge in [0.05, 0.1) is 37.0 Å². The van der Waals surface area contributed by atoms with Crippen LogP contribution in [-0.2, 0) is 15.1 Å². The van der Waals surface area contributed by atoms with E-state index in [-0.39, 0.29) is 0 Å². The average molecular weight is 533 g/mol. The van der Waals surface area contributed by atoms with Gasteiger partial charge in [0.15, 0.2) is 0 Å². The summed E-state index contributed by atoms with van der Waals surface area (Å²) in [5.74, 6) is 1.60. The summed E-state index contributed by atoms with van der Waals surface area (Å²) in [5.41, 5.74) is 7.58. The van der Waals surface area contributed by atoms with E-state index < -0.39 is 15.1 Å². The second-order valence-corrected chi connectivity index (χ2v) is 11.9. The normalized spacial score (nSPS) is 10.0. The Kier molecular flexibility index (Phi) is 9.25. The number of rotatable bonds is 5. The predicted molar refractivity (Wildman–Crippen MR) is 133 cm³/mol. The predicted octanol–water partition coefficient (Wildman–Crippen LogP) is 7.49. The first kappa shape index (κ1) is 25.2. The van der Waals surface area contributed by atoms with E-state index >= 15 is 0 Å². The number of nitrogens with zero attached hydrogens (tertiary/aromatic N) is 2. The Bertz CT molecular complexity index is 1140. The zero-order valence-electron chi connectivity index (χ0n) is 19.1. The summed E-state index contributed by atoms with van der Waals surface area (Å²) in [6.07, 6.45) is 0. The van der Waals surface area contributed by atoms with Gasteiger partial charge in [-0.25, -0.2) is 9.97 Å².